The second kappa shape index (κ2) is 8.07. The first-order valence-corrected chi connectivity index (χ1v) is 10.0. The zero-order valence-electron chi connectivity index (χ0n) is 15.3. The maximum absolute atomic E-state index is 12.9. The van der Waals surface area contributed by atoms with Crippen LogP contribution in [0.4, 0.5) is 0 Å². The number of fused-ring (bicyclic) bond motifs is 1. The third-order valence-electron chi connectivity index (χ3n) is 5.64. The van der Waals surface area contributed by atoms with E-state index in [1.165, 1.54) is 11.1 Å². The summed E-state index contributed by atoms with van der Waals surface area (Å²) >= 11 is 1.57. The Balaban J connectivity index is 0.00000196. The number of rotatable bonds is 2. The number of halogens is 1. The summed E-state index contributed by atoms with van der Waals surface area (Å²) in [5.41, 5.74) is 4.19. The number of likely N-dealkylation sites (tertiary alicyclic amines) is 1. The molecule has 4 rings (SSSR count). The van der Waals surface area contributed by atoms with Crippen LogP contribution < -0.4 is 5.32 Å². The van der Waals surface area contributed by atoms with Gasteiger partial charge >= 0.3 is 0 Å². The van der Waals surface area contributed by atoms with Crippen molar-refractivity contribution in [1.29, 1.82) is 0 Å². The molecule has 1 aromatic carbocycles. The maximum atomic E-state index is 12.9. The molecule has 1 aromatic heterocycles. The van der Waals surface area contributed by atoms with Gasteiger partial charge in [0.2, 0.25) is 0 Å². The predicted molar refractivity (Wildman–Crippen MR) is 109 cm³/mol. The van der Waals surface area contributed by atoms with Gasteiger partial charge in [0, 0.05) is 24.0 Å². The van der Waals surface area contributed by atoms with Crippen molar-refractivity contribution >= 4 is 29.7 Å². The minimum Gasteiger partial charge on any atom is -0.337 e. The lowest BCUT2D eigenvalue weighted by Crippen LogP contribution is -2.33. The number of thiazole rings is 1. The smallest absolute Gasteiger partial charge is 0.273 e. The van der Waals surface area contributed by atoms with E-state index in [1.54, 1.807) is 11.3 Å². The lowest BCUT2D eigenvalue weighted by molar-refractivity contribution is 0.0753. The van der Waals surface area contributed by atoms with Crippen molar-refractivity contribution in [2.45, 2.75) is 26.7 Å². The number of hydrogen-bond donors (Lipinski definition) is 1. The van der Waals surface area contributed by atoms with E-state index in [4.69, 9.17) is 0 Å². The fourth-order valence-corrected chi connectivity index (χ4v) is 5.02. The number of carbonyl (C=O) groups excluding carboxylic acids is 1. The summed E-state index contributed by atoms with van der Waals surface area (Å²) in [5.74, 6) is 1.57. The summed E-state index contributed by atoms with van der Waals surface area (Å²) < 4.78 is 0. The molecule has 3 heterocycles. The Bertz CT molecular complexity index is 777. The van der Waals surface area contributed by atoms with Gasteiger partial charge in [0.1, 0.15) is 10.7 Å². The number of carbonyl (C=O) groups is 1. The molecule has 0 aliphatic carbocycles. The highest BCUT2D eigenvalue weighted by Crippen LogP contribution is 2.30. The Morgan fingerprint density at radius 1 is 1.19 bits per heavy atom. The van der Waals surface area contributed by atoms with Gasteiger partial charge in [0.15, 0.2) is 0 Å². The third kappa shape index (κ3) is 3.80. The van der Waals surface area contributed by atoms with Gasteiger partial charge in [-0.3, -0.25) is 4.79 Å². The van der Waals surface area contributed by atoms with E-state index in [2.05, 4.69) is 42.3 Å². The number of aryl methyl sites for hydroxylation is 2. The third-order valence-corrected chi connectivity index (χ3v) is 6.52. The lowest BCUT2D eigenvalue weighted by atomic mass is 9.92. The number of nitrogens with one attached hydrogen (secondary N) is 1. The Morgan fingerprint density at radius 3 is 2.54 bits per heavy atom. The molecule has 2 fully saturated rings. The Kier molecular flexibility index (Phi) is 6.00. The second-order valence-corrected chi connectivity index (χ2v) is 8.26. The highest BCUT2D eigenvalue weighted by Gasteiger charge is 2.32. The largest absolute Gasteiger partial charge is 0.337 e. The first-order chi connectivity index (χ1) is 12.1. The van der Waals surface area contributed by atoms with Crippen LogP contribution in [-0.2, 0) is 0 Å². The number of amides is 1. The van der Waals surface area contributed by atoms with E-state index in [9.17, 15) is 4.79 Å². The molecule has 0 unspecified atom stereocenters. The van der Waals surface area contributed by atoms with Gasteiger partial charge in [-0.15, -0.1) is 23.7 Å². The Labute approximate surface area is 165 Å². The molecule has 0 spiro atoms. The molecule has 2 atom stereocenters. The molecule has 0 bridgehead atoms. The van der Waals surface area contributed by atoms with Gasteiger partial charge < -0.3 is 10.2 Å². The summed E-state index contributed by atoms with van der Waals surface area (Å²) in [6, 6.07) is 6.38. The van der Waals surface area contributed by atoms with Crippen molar-refractivity contribution in [2.24, 2.45) is 11.8 Å². The molecule has 4 nitrogen and oxygen atoms in total. The predicted octanol–water partition coefficient (Wildman–Crippen LogP) is 3.92. The van der Waals surface area contributed by atoms with Crippen molar-refractivity contribution in [3.8, 4) is 10.6 Å². The minimum atomic E-state index is 0. The molecule has 1 amide bonds. The van der Waals surface area contributed by atoms with Crippen LogP contribution >= 0.6 is 23.7 Å². The van der Waals surface area contributed by atoms with E-state index < -0.39 is 0 Å². The van der Waals surface area contributed by atoms with Crippen LogP contribution in [0.5, 0.6) is 0 Å². The SMILES string of the molecule is Cc1ccc(-c2nc(C(=O)N3CC[C@@H]4CNC[C@@H]4CC3)cs2)c(C)c1.Cl. The number of hydrogen-bond acceptors (Lipinski definition) is 4. The van der Waals surface area contributed by atoms with Crippen LogP contribution in [0.15, 0.2) is 23.6 Å². The van der Waals surface area contributed by atoms with Crippen molar-refractivity contribution in [1.82, 2.24) is 15.2 Å². The van der Waals surface area contributed by atoms with E-state index in [0.29, 0.717) is 5.69 Å². The van der Waals surface area contributed by atoms with Crippen molar-refractivity contribution in [3.05, 3.63) is 40.4 Å². The van der Waals surface area contributed by atoms with E-state index in [-0.39, 0.29) is 18.3 Å². The number of benzene rings is 1. The van der Waals surface area contributed by atoms with Gasteiger partial charge in [-0.2, -0.15) is 0 Å². The molecule has 2 aromatic rings. The van der Waals surface area contributed by atoms with E-state index in [1.807, 2.05) is 10.3 Å². The fourth-order valence-electron chi connectivity index (χ4n) is 4.13. The van der Waals surface area contributed by atoms with Gasteiger partial charge in [-0.1, -0.05) is 23.8 Å². The summed E-state index contributed by atoms with van der Waals surface area (Å²) in [6.07, 6.45) is 2.22. The number of aromatic nitrogens is 1. The van der Waals surface area contributed by atoms with E-state index in [0.717, 1.165) is 61.4 Å². The number of nitrogens with zero attached hydrogens (tertiary/aromatic N) is 2. The molecule has 1 N–H and O–H groups in total. The molecular weight excluding hydrogens is 366 g/mol. The second-order valence-electron chi connectivity index (χ2n) is 7.40. The molecule has 0 radical (unpaired) electrons. The highest BCUT2D eigenvalue weighted by molar-refractivity contribution is 7.13. The first kappa shape index (κ1) is 19.3. The Morgan fingerprint density at radius 2 is 1.88 bits per heavy atom. The molecule has 2 aliphatic rings. The van der Waals surface area contributed by atoms with Crippen LogP contribution in [0.25, 0.3) is 10.6 Å². The zero-order chi connectivity index (χ0) is 17.4. The lowest BCUT2D eigenvalue weighted by Gasteiger charge is -2.19. The molecule has 140 valence electrons. The van der Waals surface area contributed by atoms with E-state index >= 15 is 0 Å². The average Bonchev–Trinajstić information content (AvgIpc) is 3.20. The zero-order valence-corrected chi connectivity index (χ0v) is 17.0. The molecule has 2 aliphatic heterocycles. The van der Waals surface area contributed by atoms with Crippen molar-refractivity contribution in [2.75, 3.05) is 26.2 Å². The van der Waals surface area contributed by atoms with Gasteiger partial charge in [-0.25, -0.2) is 4.98 Å². The molecule has 2 saturated heterocycles. The first-order valence-electron chi connectivity index (χ1n) is 9.15. The van der Waals surface area contributed by atoms with Gasteiger partial charge in [0.05, 0.1) is 0 Å². The Hall–Kier alpha value is -1.43. The van der Waals surface area contributed by atoms with Crippen molar-refractivity contribution < 1.29 is 4.79 Å². The van der Waals surface area contributed by atoms with Crippen LogP contribution in [0.3, 0.4) is 0 Å². The average molecular weight is 392 g/mol. The van der Waals surface area contributed by atoms with Crippen LogP contribution in [0.2, 0.25) is 0 Å². The summed E-state index contributed by atoms with van der Waals surface area (Å²) in [7, 11) is 0. The maximum Gasteiger partial charge on any atom is 0.273 e. The minimum absolute atomic E-state index is 0. The standard InChI is InChI=1S/C20H25N3OS.ClH/c1-13-3-4-17(14(2)9-13)19-22-18(12-25-19)20(24)23-7-5-15-10-21-11-16(15)6-8-23;/h3-4,9,12,15-16,21H,5-8,10-11H2,1-2H3;1H/t15-,16+;. The van der Waals surface area contributed by atoms with Crippen LogP contribution in [-0.4, -0.2) is 42.0 Å². The highest BCUT2D eigenvalue weighted by atomic mass is 35.5. The van der Waals surface area contributed by atoms with Crippen molar-refractivity contribution in [3.63, 3.8) is 0 Å². The van der Waals surface area contributed by atoms with Crippen LogP contribution in [0.1, 0.15) is 34.5 Å². The molecule has 0 saturated carbocycles. The molecular formula is C20H26ClN3OS. The van der Waals surface area contributed by atoms with Gasteiger partial charge in [0.25, 0.3) is 5.91 Å². The molecule has 26 heavy (non-hydrogen) atoms. The summed E-state index contributed by atoms with van der Waals surface area (Å²) in [5, 5.41) is 6.35. The molecule has 6 heteroatoms. The van der Waals surface area contributed by atoms with Crippen LogP contribution in [0, 0.1) is 25.7 Å². The fraction of sp³-hybridized carbons (Fsp3) is 0.500. The summed E-state index contributed by atoms with van der Waals surface area (Å²) in [6.45, 7) is 8.14. The summed E-state index contributed by atoms with van der Waals surface area (Å²) in [4.78, 5) is 19.6. The topological polar surface area (TPSA) is 45.2 Å². The quantitative estimate of drug-likeness (QED) is 0.843. The monoisotopic (exact) mass is 391 g/mol. The normalized spacial score (nSPS) is 22.5. The van der Waals surface area contributed by atoms with Gasteiger partial charge in [-0.05, 0) is 57.2 Å².